The molecular formula is C25H23ClF2N4O7. The first kappa shape index (κ1) is 28.0. The van der Waals surface area contributed by atoms with Crippen LogP contribution in [0.4, 0.5) is 8.78 Å². The molecule has 0 aliphatic carbocycles. The summed E-state index contributed by atoms with van der Waals surface area (Å²) in [5, 5.41) is 18.9. The number of nitrogens with zero attached hydrogens (tertiary/aromatic N) is 3. The van der Waals surface area contributed by atoms with Crippen LogP contribution in [0.3, 0.4) is 0 Å². The summed E-state index contributed by atoms with van der Waals surface area (Å²) in [4.78, 5) is 36.1. The van der Waals surface area contributed by atoms with Crippen molar-refractivity contribution in [2.75, 3.05) is 20.3 Å². The van der Waals surface area contributed by atoms with Gasteiger partial charge < -0.3 is 29.4 Å². The van der Waals surface area contributed by atoms with Crippen LogP contribution in [0.2, 0.25) is 5.02 Å². The maximum absolute atomic E-state index is 14.6. The van der Waals surface area contributed by atoms with Crippen molar-refractivity contribution in [1.29, 1.82) is 0 Å². The number of aromatic amines is 1. The smallest absolute Gasteiger partial charge is 0.332 e. The predicted molar refractivity (Wildman–Crippen MR) is 135 cm³/mol. The number of rotatable bonds is 10. The minimum absolute atomic E-state index is 0.00306. The molecule has 2 aromatic carbocycles. The number of aliphatic hydroxyl groups excluding tert-OH is 2. The third-order valence-corrected chi connectivity index (χ3v) is 5.98. The van der Waals surface area contributed by atoms with Crippen molar-refractivity contribution in [3.05, 3.63) is 68.5 Å². The average molecular weight is 565 g/mol. The van der Waals surface area contributed by atoms with E-state index in [0.29, 0.717) is 0 Å². The Bertz CT molecular complexity index is 1620. The topological polar surface area (TPSA) is 149 Å². The van der Waals surface area contributed by atoms with Gasteiger partial charge in [0, 0.05) is 19.1 Å². The van der Waals surface area contributed by atoms with Crippen LogP contribution in [-0.2, 0) is 6.61 Å². The van der Waals surface area contributed by atoms with E-state index in [2.05, 4.69) is 15.0 Å². The van der Waals surface area contributed by atoms with Gasteiger partial charge in [0.25, 0.3) is 0 Å². The molecule has 0 bridgehead atoms. The maximum atomic E-state index is 14.6. The summed E-state index contributed by atoms with van der Waals surface area (Å²) in [6.45, 7) is 1.18. The number of ether oxygens (including phenoxy) is 3. The van der Waals surface area contributed by atoms with Crippen molar-refractivity contribution in [3.8, 4) is 22.9 Å². The minimum atomic E-state index is -1.19. The molecule has 0 fully saturated rings. The van der Waals surface area contributed by atoms with E-state index in [-0.39, 0.29) is 56.2 Å². The number of Topliss-reactive ketones (excluding diaryl/α,β-unsaturated/α-hetero) is 1. The summed E-state index contributed by atoms with van der Waals surface area (Å²) in [6.07, 6.45) is -1.07. The molecule has 2 aromatic heterocycles. The summed E-state index contributed by atoms with van der Waals surface area (Å²) in [6, 6.07) is 4.68. The van der Waals surface area contributed by atoms with Gasteiger partial charge in [0.15, 0.2) is 34.6 Å². The molecule has 0 radical (unpaired) electrons. The van der Waals surface area contributed by atoms with Gasteiger partial charge in [-0.2, -0.15) is 0 Å². The third kappa shape index (κ3) is 5.41. The highest BCUT2D eigenvalue weighted by Crippen LogP contribution is 2.38. The highest BCUT2D eigenvalue weighted by Gasteiger charge is 2.23. The first-order chi connectivity index (χ1) is 18.6. The lowest BCUT2D eigenvalue weighted by molar-refractivity contribution is 0.0601. The number of H-pyrrole nitrogens is 1. The number of hydrogen-bond acceptors (Lipinski definition) is 9. The zero-order valence-corrected chi connectivity index (χ0v) is 21.7. The molecule has 11 nitrogen and oxygen atoms in total. The monoisotopic (exact) mass is 564 g/mol. The molecule has 4 aromatic rings. The second kappa shape index (κ2) is 11.4. The van der Waals surface area contributed by atoms with E-state index in [4.69, 9.17) is 25.8 Å². The van der Waals surface area contributed by atoms with Crippen LogP contribution >= 0.6 is 11.6 Å². The lowest BCUT2D eigenvalue weighted by atomic mass is 10.2. The number of hydrogen-bond donors (Lipinski definition) is 3. The van der Waals surface area contributed by atoms with E-state index in [9.17, 15) is 28.6 Å². The Kier molecular flexibility index (Phi) is 8.14. The third-order valence-electron chi connectivity index (χ3n) is 5.68. The standard InChI is InChI=1S/C25H23ClF2N4O7/c1-11(35)22-23-24(30-12(2)29-22)32(25(36)31-23)17-7-19(20(6-15(17)26)39-13(8-33)9-34)38-10-14-18(37-3)5-4-16(27)21(14)28/h4-7,13,33-34H,8-10H2,1-3H3,(H,31,36). The van der Waals surface area contributed by atoms with Crippen LogP contribution in [0, 0.1) is 18.6 Å². The molecule has 39 heavy (non-hydrogen) atoms. The van der Waals surface area contributed by atoms with E-state index >= 15 is 0 Å². The van der Waals surface area contributed by atoms with Crippen LogP contribution in [0.15, 0.2) is 29.1 Å². The Morgan fingerprint density at radius 2 is 1.87 bits per heavy atom. The highest BCUT2D eigenvalue weighted by molar-refractivity contribution is 6.32. The van der Waals surface area contributed by atoms with Gasteiger partial charge in [-0.05, 0) is 19.1 Å². The second-order valence-electron chi connectivity index (χ2n) is 8.33. The number of carbonyl (C=O) groups excluding carboxylic acids is 1. The summed E-state index contributed by atoms with van der Waals surface area (Å²) < 4.78 is 46.1. The molecule has 4 rings (SSSR count). The van der Waals surface area contributed by atoms with Gasteiger partial charge >= 0.3 is 5.69 Å². The summed E-state index contributed by atoms with van der Waals surface area (Å²) in [5.41, 5.74) is -0.748. The molecule has 0 aliphatic heterocycles. The number of nitrogens with one attached hydrogen (secondary N) is 1. The van der Waals surface area contributed by atoms with E-state index in [0.717, 1.165) is 10.6 Å². The average Bonchev–Trinajstić information content (AvgIpc) is 3.23. The molecule has 206 valence electrons. The molecule has 3 N–H and O–H groups in total. The quantitative estimate of drug-likeness (QED) is 0.247. The molecule has 0 saturated carbocycles. The number of benzene rings is 2. The Balaban J connectivity index is 1.89. The van der Waals surface area contributed by atoms with Gasteiger partial charge in [0.05, 0.1) is 36.6 Å². The number of imidazole rings is 1. The summed E-state index contributed by atoms with van der Waals surface area (Å²) in [7, 11) is 1.28. The molecule has 0 amide bonds. The Morgan fingerprint density at radius 1 is 1.15 bits per heavy atom. The normalized spacial score (nSPS) is 11.3. The van der Waals surface area contributed by atoms with Crippen LogP contribution in [-0.4, -0.2) is 61.9 Å². The van der Waals surface area contributed by atoms with Crippen molar-refractivity contribution in [3.63, 3.8) is 0 Å². The SMILES string of the molecule is COc1ccc(F)c(F)c1COc1cc(-n2c(=O)[nH]c3c(C(C)=O)nc(C)nc32)c(Cl)cc1OC(CO)CO. The molecule has 0 spiro atoms. The van der Waals surface area contributed by atoms with Gasteiger partial charge in [0.2, 0.25) is 0 Å². The summed E-state index contributed by atoms with van der Waals surface area (Å²) >= 11 is 6.51. The molecule has 0 saturated heterocycles. The van der Waals surface area contributed by atoms with Crippen molar-refractivity contribution in [2.24, 2.45) is 0 Å². The molecule has 0 aliphatic rings. The van der Waals surface area contributed by atoms with E-state index in [1.807, 2.05) is 0 Å². The van der Waals surface area contributed by atoms with Crippen LogP contribution < -0.4 is 19.9 Å². The molecule has 2 heterocycles. The molecule has 14 heteroatoms. The Labute approximate surface area is 224 Å². The number of methoxy groups -OCH3 is 1. The van der Waals surface area contributed by atoms with E-state index in [1.165, 1.54) is 32.2 Å². The first-order valence-corrected chi connectivity index (χ1v) is 11.8. The van der Waals surface area contributed by atoms with Gasteiger partial charge in [-0.1, -0.05) is 11.6 Å². The maximum Gasteiger partial charge on any atom is 0.332 e. The predicted octanol–water partition coefficient (Wildman–Crippen LogP) is 2.87. The van der Waals surface area contributed by atoms with Crippen molar-refractivity contribution in [2.45, 2.75) is 26.6 Å². The lowest BCUT2D eigenvalue weighted by Gasteiger charge is -2.20. The number of aryl methyl sites for hydroxylation is 1. The van der Waals surface area contributed by atoms with Gasteiger partial charge in [0.1, 0.15) is 35.5 Å². The first-order valence-electron chi connectivity index (χ1n) is 11.5. The van der Waals surface area contributed by atoms with Crippen molar-refractivity contribution >= 4 is 28.5 Å². The largest absolute Gasteiger partial charge is 0.496 e. The number of aliphatic hydroxyl groups is 2. The number of halogens is 3. The Hall–Kier alpha value is -4.07. The van der Waals surface area contributed by atoms with Crippen molar-refractivity contribution in [1.82, 2.24) is 19.5 Å². The Morgan fingerprint density at radius 3 is 2.51 bits per heavy atom. The van der Waals surface area contributed by atoms with Crippen LogP contribution in [0.1, 0.15) is 28.8 Å². The van der Waals surface area contributed by atoms with Crippen LogP contribution in [0.5, 0.6) is 17.2 Å². The van der Waals surface area contributed by atoms with Gasteiger partial charge in [-0.3, -0.25) is 4.79 Å². The fraction of sp³-hybridized carbons (Fsp3) is 0.280. The fourth-order valence-corrected chi connectivity index (χ4v) is 4.07. The van der Waals surface area contributed by atoms with Crippen molar-refractivity contribution < 1.29 is 38.0 Å². The molecule has 0 atom stereocenters. The lowest BCUT2D eigenvalue weighted by Crippen LogP contribution is -2.25. The zero-order valence-electron chi connectivity index (χ0n) is 20.9. The van der Waals surface area contributed by atoms with Gasteiger partial charge in [-0.15, -0.1) is 0 Å². The zero-order chi connectivity index (χ0) is 28.4. The minimum Gasteiger partial charge on any atom is -0.496 e. The second-order valence-corrected chi connectivity index (χ2v) is 8.73. The summed E-state index contributed by atoms with van der Waals surface area (Å²) in [5.74, 6) is -2.65. The molecule has 0 unspecified atom stereocenters. The number of ketones is 1. The van der Waals surface area contributed by atoms with E-state index in [1.54, 1.807) is 6.92 Å². The number of aromatic nitrogens is 4. The van der Waals surface area contributed by atoms with E-state index < -0.39 is 49.0 Å². The van der Waals surface area contributed by atoms with Crippen LogP contribution in [0.25, 0.3) is 16.9 Å². The highest BCUT2D eigenvalue weighted by atomic mass is 35.5. The molecular weight excluding hydrogens is 542 g/mol. The number of fused-ring (bicyclic) bond motifs is 1. The fourth-order valence-electron chi connectivity index (χ4n) is 3.84. The number of carbonyl (C=O) groups is 1. The van der Waals surface area contributed by atoms with Gasteiger partial charge in [-0.25, -0.2) is 28.1 Å².